The lowest BCUT2D eigenvalue weighted by atomic mass is 10.2. The molecule has 2 fully saturated rings. The van der Waals surface area contributed by atoms with E-state index in [1.807, 2.05) is 24.3 Å². The minimum Gasteiger partial charge on any atom is -0.331 e. The van der Waals surface area contributed by atoms with Crippen molar-refractivity contribution in [1.29, 1.82) is 0 Å². The van der Waals surface area contributed by atoms with E-state index in [-0.39, 0.29) is 17.9 Å². The van der Waals surface area contributed by atoms with Crippen LogP contribution >= 0.6 is 22.6 Å². The van der Waals surface area contributed by atoms with Crippen LogP contribution in [0.4, 0.5) is 5.69 Å². The maximum atomic E-state index is 12.6. The Balaban J connectivity index is 1.91. The van der Waals surface area contributed by atoms with Crippen LogP contribution in [0.3, 0.4) is 0 Å². The third-order valence-corrected chi connectivity index (χ3v) is 4.53. The molecule has 1 aromatic rings. The van der Waals surface area contributed by atoms with E-state index in [1.165, 1.54) is 0 Å². The van der Waals surface area contributed by atoms with Gasteiger partial charge in [-0.25, -0.2) is 0 Å². The van der Waals surface area contributed by atoms with Gasteiger partial charge in [0.2, 0.25) is 11.8 Å². The Hall–Kier alpha value is -1.11. The van der Waals surface area contributed by atoms with Crippen LogP contribution in [0.1, 0.15) is 19.3 Å². The first kappa shape index (κ1) is 12.9. The van der Waals surface area contributed by atoms with E-state index in [9.17, 15) is 9.59 Å². The summed E-state index contributed by atoms with van der Waals surface area (Å²) < 4.78 is 1.14. The van der Waals surface area contributed by atoms with E-state index in [2.05, 4.69) is 22.6 Å². The van der Waals surface area contributed by atoms with Crippen LogP contribution in [0.25, 0.3) is 0 Å². The van der Waals surface area contributed by atoms with Gasteiger partial charge < -0.3 is 9.80 Å². The smallest absolute Gasteiger partial charge is 0.249 e. The van der Waals surface area contributed by atoms with E-state index >= 15 is 0 Å². The van der Waals surface area contributed by atoms with Gasteiger partial charge in [-0.15, -0.1) is 0 Å². The Bertz CT molecular complexity index is 515. The van der Waals surface area contributed by atoms with Gasteiger partial charge in [0.25, 0.3) is 0 Å². The maximum absolute atomic E-state index is 12.6. The van der Waals surface area contributed by atoms with Crippen molar-refractivity contribution in [3.05, 3.63) is 27.8 Å². The summed E-state index contributed by atoms with van der Waals surface area (Å²) in [7, 11) is 0. The molecule has 5 heteroatoms. The van der Waals surface area contributed by atoms with Crippen LogP contribution in [0, 0.1) is 3.57 Å². The first-order chi connectivity index (χ1) is 9.16. The monoisotopic (exact) mass is 370 g/mol. The average molecular weight is 370 g/mol. The summed E-state index contributed by atoms with van der Waals surface area (Å²) >= 11 is 2.24. The number of hydrogen-bond acceptors (Lipinski definition) is 2. The molecule has 2 aliphatic rings. The number of hydrogen-bond donors (Lipinski definition) is 0. The Morgan fingerprint density at radius 3 is 2.58 bits per heavy atom. The zero-order chi connectivity index (χ0) is 13.4. The summed E-state index contributed by atoms with van der Waals surface area (Å²) in [6.45, 7) is 1.22. The van der Waals surface area contributed by atoms with Crippen LogP contribution in [0.2, 0.25) is 0 Å². The SMILES string of the molecule is O=C1C2CCCN2C(=O)CCN1c1ccc(I)cc1. The highest BCUT2D eigenvalue weighted by atomic mass is 127. The Labute approximate surface area is 125 Å². The fourth-order valence-corrected chi connectivity index (χ4v) is 3.20. The van der Waals surface area contributed by atoms with E-state index in [1.54, 1.807) is 9.80 Å². The summed E-state index contributed by atoms with van der Waals surface area (Å²) in [5.74, 6) is 0.188. The number of nitrogens with zero attached hydrogens (tertiary/aromatic N) is 2. The fourth-order valence-electron chi connectivity index (χ4n) is 2.84. The summed E-state index contributed by atoms with van der Waals surface area (Å²) in [5.41, 5.74) is 0.895. The molecule has 19 heavy (non-hydrogen) atoms. The number of fused-ring (bicyclic) bond motifs is 1. The summed E-state index contributed by atoms with van der Waals surface area (Å²) in [4.78, 5) is 28.1. The van der Waals surface area contributed by atoms with Crippen LogP contribution in [0.15, 0.2) is 24.3 Å². The van der Waals surface area contributed by atoms with Crippen molar-refractivity contribution in [2.45, 2.75) is 25.3 Å². The van der Waals surface area contributed by atoms with Crippen LogP contribution in [-0.4, -0.2) is 35.8 Å². The zero-order valence-corrected chi connectivity index (χ0v) is 12.7. The van der Waals surface area contributed by atoms with Crippen molar-refractivity contribution in [3.63, 3.8) is 0 Å². The molecule has 2 aliphatic heterocycles. The Morgan fingerprint density at radius 1 is 1.11 bits per heavy atom. The van der Waals surface area contributed by atoms with Gasteiger partial charge in [-0.3, -0.25) is 9.59 Å². The number of rotatable bonds is 1. The summed E-state index contributed by atoms with van der Waals surface area (Å²) in [5, 5.41) is 0. The molecule has 1 aromatic carbocycles. The third kappa shape index (κ3) is 2.35. The predicted molar refractivity (Wildman–Crippen MR) is 80.9 cm³/mol. The summed E-state index contributed by atoms with van der Waals surface area (Å²) in [6.07, 6.45) is 2.16. The second-order valence-electron chi connectivity index (χ2n) is 4.96. The Kier molecular flexibility index (Phi) is 3.47. The molecular weight excluding hydrogens is 355 g/mol. The molecule has 0 N–H and O–H groups in total. The molecule has 0 radical (unpaired) electrons. The lowest BCUT2D eigenvalue weighted by molar-refractivity contribution is -0.135. The van der Waals surface area contributed by atoms with Gasteiger partial charge in [0.05, 0.1) is 0 Å². The van der Waals surface area contributed by atoms with E-state index in [4.69, 9.17) is 0 Å². The van der Waals surface area contributed by atoms with Gasteiger partial charge >= 0.3 is 0 Å². The lowest BCUT2D eigenvalue weighted by Crippen LogP contribution is -2.43. The summed E-state index contributed by atoms with van der Waals surface area (Å²) in [6, 6.07) is 7.64. The number of anilines is 1. The number of carbonyl (C=O) groups excluding carboxylic acids is 2. The highest BCUT2D eigenvalue weighted by Gasteiger charge is 2.39. The van der Waals surface area contributed by atoms with Crippen molar-refractivity contribution in [2.24, 2.45) is 0 Å². The lowest BCUT2D eigenvalue weighted by Gasteiger charge is -2.25. The normalized spacial score (nSPS) is 23.5. The van der Waals surface area contributed by atoms with Crippen LogP contribution < -0.4 is 4.90 Å². The molecule has 0 aromatic heterocycles. The average Bonchev–Trinajstić information content (AvgIpc) is 2.85. The highest BCUT2D eigenvalue weighted by Crippen LogP contribution is 2.27. The molecule has 2 heterocycles. The van der Waals surface area contributed by atoms with Crippen molar-refractivity contribution in [1.82, 2.24) is 4.90 Å². The molecule has 0 saturated carbocycles. The number of amides is 2. The highest BCUT2D eigenvalue weighted by molar-refractivity contribution is 14.1. The van der Waals surface area contributed by atoms with Gasteiger partial charge in [0, 0.05) is 28.8 Å². The minimum absolute atomic E-state index is 0.0737. The molecule has 1 atom stereocenters. The van der Waals surface area contributed by atoms with Crippen molar-refractivity contribution < 1.29 is 9.59 Å². The second kappa shape index (κ2) is 5.11. The standard InChI is InChI=1S/C14H15IN2O2/c15-10-3-5-11(6-4-10)16-9-7-13(18)17-8-1-2-12(17)14(16)19/h3-6,12H,1-2,7-9H2. The number of halogens is 1. The van der Waals surface area contributed by atoms with E-state index in [0.29, 0.717) is 13.0 Å². The van der Waals surface area contributed by atoms with Crippen LogP contribution in [-0.2, 0) is 9.59 Å². The molecule has 1 unspecified atom stereocenters. The zero-order valence-electron chi connectivity index (χ0n) is 10.5. The maximum Gasteiger partial charge on any atom is 0.249 e. The largest absolute Gasteiger partial charge is 0.331 e. The molecule has 0 bridgehead atoms. The van der Waals surface area contributed by atoms with E-state index in [0.717, 1.165) is 28.6 Å². The van der Waals surface area contributed by atoms with Crippen molar-refractivity contribution in [2.75, 3.05) is 18.0 Å². The topological polar surface area (TPSA) is 40.6 Å². The Morgan fingerprint density at radius 2 is 1.84 bits per heavy atom. The molecule has 3 rings (SSSR count). The second-order valence-corrected chi connectivity index (χ2v) is 6.21. The van der Waals surface area contributed by atoms with Gasteiger partial charge in [-0.2, -0.15) is 0 Å². The van der Waals surface area contributed by atoms with Gasteiger partial charge in [-0.1, -0.05) is 0 Å². The minimum atomic E-state index is -0.241. The van der Waals surface area contributed by atoms with Gasteiger partial charge in [0.15, 0.2) is 0 Å². The predicted octanol–water partition coefficient (Wildman–Crippen LogP) is 2.02. The molecule has 0 aliphatic carbocycles. The molecule has 2 amide bonds. The van der Waals surface area contributed by atoms with Crippen molar-refractivity contribution >= 4 is 40.1 Å². The van der Waals surface area contributed by atoms with E-state index < -0.39 is 0 Å². The molecule has 100 valence electrons. The first-order valence-electron chi connectivity index (χ1n) is 6.53. The van der Waals surface area contributed by atoms with Gasteiger partial charge in [-0.05, 0) is 59.7 Å². The molecule has 2 saturated heterocycles. The quantitative estimate of drug-likeness (QED) is 0.710. The van der Waals surface area contributed by atoms with Crippen molar-refractivity contribution in [3.8, 4) is 0 Å². The third-order valence-electron chi connectivity index (χ3n) is 3.81. The first-order valence-corrected chi connectivity index (χ1v) is 7.61. The molecule has 4 nitrogen and oxygen atoms in total. The van der Waals surface area contributed by atoms with Crippen LogP contribution in [0.5, 0.6) is 0 Å². The molecular formula is C14H15IN2O2. The molecule has 0 spiro atoms. The number of benzene rings is 1. The fraction of sp³-hybridized carbons (Fsp3) is 0.429. The number of carbonyl (C=O) groups is 2. The van der Waals surface area contributed by atoms with Gasteiger partial charge in [0.1, 0.15) is 6.04 Å².